The van der Waals surface area contributed by atoms with Crippen molar-refractivity contribution in [2.24, 2.45) is 0 Å². The Bertz CT molecular complexity index is 396. The lowest BCUT2D eigenvalue weighted by molar-refractivity contribution is 0.0856. The summed E-state index contributed by atoms with van der Waals surface area (Å²) in [6.07, 6.45) is -0.256. The molecule has 0 saturated heterocycles. The third-order valence-electron chi connectivity index (χ3n) is 2.82. The Labute approximate surface area is 82.9 Å². The highest BCUT2D eigenvalue weighted by atomic mass is 19.1. The zero-order valence-corrected chi connectivity index (χ0v) is 8.43. The van der Waals surface area contributed by atoms with Crippen LogP contribution >= 0.6 is 0 Å². The number of Topliss-reactive ketones (excluding diaryl/α,β-unsaturated/α-hetero) is 1. The molecule has 1 aliphatic carbocycles. The van der Waals surface area contributed by atoms with Crippen molar-refractivity contribution in [2.45, 2.75) is 32.9 Å². The maximum atomic E-state index is 13.2. The molecule has 0 bridgehead atoms. The maximum Gasteiger partial charge on any atom is 0.197 e. The maximum absolute atomic E-state index is 13.2. The highest BCUT2D eigenvalue weighted by Crippen LogP contribution is 2.27. The third kappa shape index (κ3) is 1.35. The lowest BCUT2D eigenvalue weighted by Crippen LogP contribution is -2.24. The van der Waals surface area contributed by atoms with E-state index >= 15 is 0 Å². The smallest absolute Gasteiger partial charge is 0.197 e. The van der Waals surface area contributed by atoms with Crippen LogP contribution in [0.3, 0.4) is 0 Å². The first kappa shape index (κ1) is 9.38. The van der Waals surface area contributed by atoms with Crippen molar-refractivity contribution in [2.75, 3.05) is 0 Å². The molecule has 0 aromatic heterocycles. The van der Waals surface area contributed by atoms with E-state index in [4.69, 9.17) is 0 Å². The summed E-state index contributed by atoms with van der Waals surface area (Å²) < 4.78 is 13.2. The molecular formula is C12H13FO. The van der Waals surface area contributed by atoms with Crippen LogP contribution in [0.4, 0.5) is 4.39 Å². The molecule has 1 aromatic rings. The van der Waals surface area contributed by atoms with Crippen LogP contribution in [0.2, 0.25) is 0 Å². The molecule has 0 radical (unpaired) electrons. The van der Waals surface area contributed by atoms with Crippen LogP contribution in [-0.4, -0.2) is 12.0 Å². The Kier molecular flexibility index (Phi) is 2.14. The van der Waals surface area contributed by atoms with E-state index in [1.807, 2.05) is 19.9 Å². The van der Waals surface area contributed by atoms with Gasteiger partial charge in [-0.25, -0.2) is 4.39 Å². The van der Waals surface area contributed by atoms with E-state index in [-0.39, 0.29) is 5.78 Å². The first-order valence-electron chi connectivity index (χ1n) is 4.88. The lowest BCUT2D eigenvalue weighted by Gasteiger charge is -2.20. The molecule has 0 spiro atoms. The number of hydrogen-bond donors (Lipinski definition) is 0. The minimum absolute atomic E-state index is 0.335. The van der Waals surface area contributed by atoms with Crippen molar-refractivity contribution in [1.82, 2.24) is 0 Å². The number of carbonyl (C=O) groups excluding carboxylic acids is 1. The number of halogens is 1. The molecule has 0 aliphatic heterocycles. The number of fused-ring (bicyclic) bond motifs is 1. The summed E-state index contributed by atoms with van der Waals surface area (Å²) >= 11 is 0. The Balaban J connectivity index is 2.60. The first-order valence-corrected chi connectivity index (χ1v) is 4.88. The van der Waals surface area contributed by atoms with Crippen LogP contribution in [0.1, 0.15) is 33.5 Å². The number of aryl methyl sites for hydroxylation is 2. The Hall–Kier alpha value is -1.18. The van der Waals surface area contributed by atoms with Gasteiger partial charge in [0.1, 0.15) is 0 Å². The van der Waals surface area contributed by atoms with Crippen molar-refractivity contribution < 1.29 is 9.18 Å². The van der Waals surface area contributed by atoms with Crippen LogP contribution in [0, 0.1) is 13.8 Å². The molecule has 0 fully saturated rings. The Morgan fingerprint density at radius 2 is 2.07 bits per heavy atom. The van der Waals surface area contributed by atoms with E-state index in [2.05, 4.69) is 0 Å². The number of rotatable bonds is 0. The van der Waals surface area contributed by atoms with Crippen LogP contribution in [0.5, 0.6) is 0 Å². The Morgan fingerprint density at radius 3 is 2.79 bits per heavy atom. The van der Waals surface area contributed by atoms with Gasteiger partial charge in [0.25, 0.3) is 0 Å². The zero-order valence-electron chi connectivity index (χ0n) is 8.43. The van der Waals surface area contributed by atoms with Crippen molar-refractivity contribution in [3.05, 3.63) is 34.4 Å². The molecule has 1 atom stereocenters. The second-order valence-electron chi connectivity index (χ2n) is 3.98. The van der Waals surface area contributed by atoms with Gasteiger partial charge in [-0.15, -0.1) is 0 Å². The molecule has 1 unspecified atom stereocenters. The highest BCUT2D eigenvalue weighted by molar-refractivity contribution is 6.02. The highest BCUT2D eigenvalue weighted by Gasteiger charge is 2.27. The van der Waals surface area contributed by atoms with Gasteiger partial charge in [-0.2, -0.15) is 0 Å². The predicted molar refractivity (Wildman–Crippen MR) is 53.5 cm³/mol. The van der Waals surface area contributed by atoms with Gasteiger partial charge >= 0.3 is 0 Å². The molecule has 1 aromatic carbocycles. The van der Waals surface area contributed by atoms with Crippen LogP contribution in [-0.2, 0) is 6.42 Å². The molecular weight excluding hydrogens is 179 g/mol. The average Bonchev–Trinajstić information content (AvgIpc) is 2.12. The van der Waals surface area contributed by atoms with Gasteiger partial charge < -0.3 is 0 Å². The second-order valence-corrected chi connectivity index (χ2v) is 3.98. The van der Waals surface area contributed by atoms with E-state index in [0.717, 1.165) is 16.7 Å². The van der Waals surface area contributed by atoms with E-state index in [1.54, 1.807) is 6.07 Å². The molecule has 1 nitrogen and oxygen atoms in total. The molecule has 0 N–H and O–H groups in total. The summed E-state index contributed by atoms with van der Waals surface area (Å²) in [6, 6.07) is 3.85. The minimum atomic E-state index is -1.29. The first-order chi connectivity index (χ1) is 6.59. The normalized spacial score (nSPS) is 20.8. The van der Waals surface area contributed by atoms with Crippen LogP contribution < -0.4 is 0 Å². The van der Waals surface area contributed by atoms with Gasteiger partial charge in [0.15, 0.2) is 12.0 Å². The molecule has 74 valence electrons. The number of hydrogen-bond acceptors (Lipinski definition) is 1. The predicted octanol–water partition coefficient (Wildman–Crippen LogP) is 2.77. The summed E-state index contributed by atoms with van der Waals surface area (Å²) in [5, 5.41) is 0. The van der Waals surface area contributed by atoms with Crippen molar-refractivity contribution in [1.29, 1.82) is 0 Å². The largest absolute Gasteiger partial charge is 0.291 e. The van der Waals surface area contributed by atoms with Gasteiger partial charge in [0.2, 0.25) is 0 Å². The van der Waals surface area contributed by atoms with Crippen molar-refractivity contribution in [3.8, 4) is 0 Å². The average molecular weight is 192 g/mol. The summed E-state index contributed by atoms with van der Waals surface area (Å²) in [4.78, 5) is 11.5. The fourth-order valence-electron chi connectivity index (χ4n) is 2.12. The van der Waals surface area contributed by atoms with E-state index in [0.29, 0.717) is 18.4 Å². The molecule has 0 heterocycles. The third-order valence-corrected chi connectivity index (χ3v) is 2.82. The van der Waals surface area contributed by atoms with E-state index < -0.39 is 6.17 Å². The number of benzene rings is 1. The fraction of sp³-hybridized carbons (Fsp3) is 0.417. The molecule has 2 heteroatoms. The van der Waals surface area contributed by atoms with Gasteiger partial charge in [-0.05, 0) is 43.9 Å². The van der Waals surface area contributed by atoms with Crippen LogP contribution in [0.25, 0.3) is 0 Å². The molecule has 0 saturated carbocycles. The van der Waals surface area contributed by atoms with Gasteiger partial charge in [0.05, 0.1) is 0 Å². The van der Waals surface area contributed by atoms with Gasteiger partial charge in [-0.3, -0.25) is 4.79 Å². The number of alkyl halides is 1. The summed E-state index contributed by atoms with van der Waals surface area (Å²) in [6.45, 7) is 3.92. The molecule has 0 amide bonds. The van der Waals surface area contributed by atoms with Gasteiger partial charge in [0, 0.05) is 5.56 Å². The minimum Gasteiger partial charge on any atom is -0.291 e. The summed E-state index contributed by atoms with van der Waals surface area (Å²) in [5.74, 6) is -0.335. The van der Waals surface area contributed by atoms with E-state index in [1.165, 1.54) is 0 Å². The van der Waals surface area contributed by atoms with E-state index in [9.17, 15) is 9.18 Å². The standard InChI is InChI=1S/C12H13FO/c1-7-5-8(2)9-3-4-11(13)12(14)10(9)6-7/h5-6,11H,3-4H2,1-2H3. The van der Waals surface area contributed by atoms with Crippen LogP contribution in [0.15, 0.2) is 12.1 Å². The lowest BCUT2D eigenvalue weighted by atomic mass is 9.85. The fourth-order valence-corrected chi connectivity index (χ4v) is 2.12. The summed E-state index contributed by atoms with van der Waals surface area (Å²) in [7, 11) is 0. The summed E-state index contributed by atoms with van der Waals surface area (Å²) in [5.41, 5.74) is 3.78. The number of carbonyl (C=O) groups is 1. The van der Waals surface area contributed by atoms with Crippen molar-refractivity contribution >= 4 is 5.78 Å². The quantitative estimate of drug-likeness (QED) is 0.617. The zero-order chi connectivity index (χ0) is 10.3. The van der Waals surface area contributed by atoms with Gasteiger partial charge in [-0.1, -0.05) is 11.6 Å². The second kappa shape index (κ2) is 3.19. The monoisotopic (exact) mass is 192 g/mol. The topological polar surface area (TPSA) is 17.1 Å². The SMILES string of the molecule is Cc1cc(C)c2c(c1)C(=O)C(F)CC2. The van der Waals surface area contributed by atoms with Crippen molar-refractivity contribution in [3.63, 3.8) is 0 Å². The molecule has 2 rings (SSSR count). The molecule has 14 heavy (non-hydrogen) atoms. The Morgan fingerprint density at radius 1 is 1.36 bits per heavy atom. The number of ketones is 1. The molecule has 1 aliphatic rings.